The second-order valence-electron chi connectivity index (χ2n) is 5.04. The van der Waals surface area contributed by atoms with Crippen LogP contribution in [0, 0.1) is 0 Å². The van der Waals surface area contributed by atoms with Crippen LogP contribution in [0.4, 0.5) is 0 Å². The first kappa shape index (κ1) is 10.3. The quantitative estimate of drug-likeness (QED) is 0.828. The first-order valence-electron chi connectivity index (χ1n) is 6.09. The van der Waals surface area contributed by atoms with Crippen LogP contribution in [0.25, 0.3) is 0 Å². The van der Waals surface area contributed by atoms with Gasteiger partial charge in [0, 0.05) is 38.0 Å². The van der Waals surface area contributed by atoms with E-state index < -0.39 is 0 Å². The minimum atomic E-state index is 0.0899. The predicted octanol–water partition coefficient (Wildman–Crippen LogP) is 1.14. The van der Waals surface area contributed by atoms with Gasteiger partial charge in [0.05, 0.1) is 18.5 Å². The number of aromatic nitrogens is 2. The Morgan fingerprint density at radius 1 is 1.56 bits per heavy atom. The Bertz CT molecular complexity index is 361. The minimum Gasteiger partial charge on any atom is -0.376 e. The fraction of sp³-hybridized carbons (Fsp3) is 0.750. The van der Waals surface area contributed by atoms with Crippen LogP contribution in [0.3, 0.4) is 0 Å². The second-order valence-corrected chi connectivity index (χ2v) is 5.04. The first-order chi connectivity index (χ1) is 7.83. The third-order valence-electron chi connectivity index (χ3n) is 4.10. The molecule has 3 rings (SSSR count). The number of imidazole rings is 1. The van der Waals surface area contributed by atoms with Crippen LogP contribution in [0.15, 0.2) is 12.5 Å². The van der Waals surface area contributed by atoms with E-state index in [1.807, 2.05) is 19.6 Å². The summed E-state index contributed by atoms with van der Waals surface area (Å²) in [5.41, 5.74) is 1.45. The Morgan fingerprint density at radius 2 is 2.38 bits per heavy atom. The zero-order valence-corrected chi connectivity index (χ0v) is 9.78. The molecule has 1 aromatic heterocycles. The Balaban J connectivity index is 1.76. The van der Waals surface area contributed by atoms with Crippen LogP contribution in [-0.4, -0.2) is 35.4 Å². The van der Waals surface area contributed by atoms with E-state index in [2.05, 4.69) is 14.9 Å². The molecule has 2 heterocycles. The van der Waals surface area contributed by atoms with Gasteiger partial charge in [0.2, 0.25) is 0 Å². The molecule has 0 radical (unpaired) electrons. The predicted molar refractivity (Wildman–Crippen MR) is 61.4 cm³/mol. The van der Waals surface area contributed by atoms with Crippen LogP contribution < -0.4 is 5.32 Å². The van der Waals surface area contributed by atoms with E-state index in [0.717, 1.165) is 19.6 Å². The summed E-state index contributed by atoms with van der Waals surface area (Å²) in [6.45, 7) is 3.15. The van der Waals surface area contributed by atoms with Crippen molar-refractivity contribution in [2.24, 2.45) is 0 Å². The largest absolute Gasteiger partial charge is 0.376 e. The molecule has 4 heteroatoms. The highest BCUT2D eigenvalue weighted by molar-refractivity contribution is 5.12. The number of nitrogens with one attached hydrogen (secondary N) is 1. The van der Waals surface area contributed by atoms with Gasteiger partial charge >= 0.3 is 0 Å². The minimum absolute atomic E-state index is 0.0899. The molecule has 16 heavy (non-hydrogen) atoms. The van der Waals surface area contributed by atoms with Crippen molar-refractivity contribution in [1.82, 2.24) is 14.9 Å². The number of ether oxygens (including phenoxy) is 1. The number of methoxy groups -OCH3 is 1. The molecule has 1 saturated carbocycles. The van der Waals surface area contributed by atoms with Gasteiger partial charge in [-0.1, -0.05) is 0 Å². The maximum atomic E-state index is 5.67. The van der Waals surface area contributed by atoms with Gasteiger partial charge in [-0.2, -0.15) is 0 Å². The van der Waals surface area contributed by atoms with Gasteiger partial charge in [0.15, 0.2) is 0 Å². The SMILES string of the molecule is COC1(Cn2cncc2C2CNC2)CCC1. The van der Waals surface area contributed by atoms with Gasteiger partial charge in [-0.15, -0.1) is 0 Å². The Labute approximate surface area is 96.0 Å². The van der Waals surface area contributed by atoms with Crippen LogP contribution in [0.2, 0.25) is 0 Å². The molecule has 1 aromatic rings. The molecule has 2 fully saturated rings. The molecule has 2 aliphatic rings. The van der Waals surface area contributed by atoms with E-state index in [1.165, 1.54) is 25.0 Å². The first-order valence-corrected chi connectivity index (χ1v) is 6.09. The topological polar surface area (TPSA) is 39.1 Å². The van der Waals surface area contributed by atoms with Crippen molar-refractivity contribution in [2.75, 3.05) is 20.2 Å². The molecule has 4 nitrogen and oxygen atoms in total. The summed E-state index contributed by atoms with van der Waals surface area (Å²) < 4.78 is 7.96. The van der Waals surface area contributed by atoms with Crippen molar-refractivity contribution in [3.05, 3.63) is 18.2 Å². The maximum Gasteiger partial charge on any atom is 0.0949 e. The van der Waals surface area contributed by atoms with Gasteiger partial charge in [-0.05, 0) is 19.3 Å². The van der Waals surface area contributed by atoms with E-state index in [0.29, 0.717) is 5.92 Å². The van der Waals surface area contributed by atoms with Crippen molar-refractivity contribution in [2.45, 2.75) is 37.3 Å². The van der Waals surface area contributed by atoms with Gasteiger partial charge in [0.1, 0.15) is 0 Å². The number of hydrogen-bond acceptors (Lipinski definition) is 3. The lowest BCUT2D eigenvalue weighted by Crippen LogP contribution is -2.45. The molecule has 0 amide bonds. The Hall–Kier alpha value is -0.870. The third kappa shape index (κ3) is 1.57. The molecule has 0 atom stereocenters. The molecule has 1 N–H and O–H groups in total. The lowest BCUT2D eigenvalue weighted by molar-refractivity contribution is -0.0841. The zero-order chi connectivity index (χ0) is 11.0. The Morgan fingerprint density at radius 3 is 2.88 bits per heavy atom. The molecule has 88 valence electrons. The molecule has 1 aliphatic heterocycles. The molecule has 1 aliphatic carbocycles. The number of rotatable bonds is 4. The summed E-state index contributed by atoms with van der Waals surface area (Å²) in [4.78, 5) is 4.28. The smallest absolute Gasteiger partial charge is 0.0949 e. The van der Waals surface area contributed by atoms with Crippen LogP contribution in [-0.2, 0) is 11.3 Å². The average Bonchev–Trinajstić information content (AvgIpc) is 2.57. The normalized spacial score (nSPS) is 23.8. The Kier molecular flexibility index (Phi) is 2.48. The summed E-state index contributed by atoms with van der Waals surface area (Å²) in [5, 5.41) is 3.31. The molecular weight excluding hydrogens is 202 g/mol. The van der Waals surface area contributed by atoms with E-state index in [-0.39, 0.29) is 5.60 Å². The van der Waals surface area contributed by atoms with Crippen LogP contribution >= 0.6 is 0 Å². The summed E-state index contributed by atoms with van der Waals surface area (Å²) in [6.07, 6.45) is 7.62. The van der Waals surface area contributed by atoms with E-state index in [9.17, 15) is 0 Å². The maximum absolute atomic E-state index is 5.67. The standard InChI is InChI=1S/C12H19N3O/c1-16-12(3-2-4-12)8-15-9-14-7-11(15)10-5-13-6-10/h7,9-10,13H,2-6,8H2,1H3. The van der Waals surface area contributed by atoms with E-state index in [1.54, 1.807) is 0 Å². The van der Waals surface area contributed by atoms with E-state index >= 15 is 0 Å². The molecule has 0 unspecified atom stereocenters. The lowest BCUT2D eigenvalue weighted by atomic mass is 9.79. The number of hydrogen-bond donors (Lipinski definition) is 1. The highest BCUT2D eigenvalue weighted by Crippen LogP contribution is 2.37. The summed E-state index contributed by atoms with van der Waals surface area (Å²) in [7, 11) is 1.83. The van der Waals surface area contributed by atoms with Gasteiger partial charge in [-0.25, -0.2) is 4.98 Å². The molecule has 0 bridgehead atoms. The monoisotopic (exact) mass is 221 g/mol. The van der Waals surface area contributed by atoms with Crippen molar-refractivity contribution in [3.8, 4) is 0 Å². The summed E-state index contributed by atoms with van der Waals surface area (Å²) in [6, 6.07) is 0. The second kappa shape index (κ2) is 3.86. The fourth-order valence-corrected chi connectivity index (χ4v) is 2.61. The van der Waals surface area contributed by atoms with E-state index in [4.69, 9.17) is 4.74 Å². The number of nitrogens with zero attached hydrogens (tertiary/aromatic N) is 2. The highest BCUT2D eigenvalue weighted by atomic mass is 16.5. The highest BCUT2D eigenvalue weighted by Gasteiger charge is 2.38. The average molecular weight is 221 g/mol. The van der Waals surface area contributed by atoms with Gasteiger partial charge in [-0.3, -0.25) is 0 Å². The summed E-state index contributed by atoms with van der Waals surface area (Å²) in [5.74, 6) is 0.650. The van der Waals surface area contributed by atoms with Crippen molar-refractivity contribution < 1.29 is 4.74 Å². The molecule has 0 spiro atoms. The van der Waals surface area contributed by atoms with Gasteiger partial charge in [0.25, 0.3) is 0 Å². The molecule has 1 saturated heterocycles. The van der Waals surface area contributed by atoms with Crippen molar-refractivity contribution >= 4 is 0 Å². The van der Waals surface area contributed by atoms with Crippen molar-refractivity contribution in [1.29, 1.82) is 0 Å². The third-order valence-corrected chi connectivity index (χ3v) is 4.10. The van der Waals surface area contributed by atoms with Crippen molar-refractivity contribution in [3.63, 3.8) is 0 Å². The zero-order valence-electron chi connectivity index (χ0n) is 9.78. The fourth-order valence-electron chi connectivity index (χ4n) is 2.61. The van der Waals surface area contributed by atoms with Crippen LogP contribution in [0.5, 0.6) is 0 Å². The molecular formula is C12H19N3O. The molecule has 0 aromatic carbocycles. The van der Waals surface area contributed by atoms with Gasteiger partial charge < -0.3 is 14.6 Å². The van der Waals surface area contributed by atoms with Crippen LogP contribution in [0.1, 0.15) is 30.9 Å². The lowest BCUT2D eigenvalue weighted by Gasteiger charge is -2.41. The summed E-state index contributed by atoms with van der Waals surface area (Å²) >= 11 is 0.